The highest BCUT2D eigenvalue weighted by Gasteiger charge is 2.34. The Hall–Kier alpha value is -1.56. The molecule has 1 aromatic carbocycles. The van der Waals surface area contributed by atoms with Gasteiger partial charge in [-0.05, 0) is 24.5 Å². The lowest BCUT2D eigenvalue weighted by molar-refractivity contribution is -0.387. The molecule has 92 valence electrons. The van der Waals surface area contributed by atoms with Gasteiger partial charge in [-0.1, -0.05) is 12.8 Å². The smallest absolute Gasteiger partial charge is 0.308 e. The number of rotatable bonds is 2. The molecule has 0 heterocycles. The largest absolute Gasteiger partial charge is 0.321 e. The van der Waals surface area contributed by atoms with E-state index in [1.807, 2.05) is 0 Å². The number of nitrogens with zero attached hydrogens (tertiary/aromatic N) is 1. The molecule has 1 aromatic rings. The van der Waals surface area contributed by atoms with E-state index < -0.39 is 27.8 Å². The van der Waals surface area contributed by atoms with Crippen molar-refractivity contribution in [3.05, 3.63) is 39.4 Å². The normalized spacial score (nSPS) is 18.3. The molecule has 0 aliphatic heterocycles. The molecule has 0 aromatic heterocycles. The Labute approximate surface area is 96.6 Å². The summed E-state index contributed by atoms with van der Waals surface area (Å²) in [5.74, 6) is -2.65. The fraction of sp³-hybridized carbons (Fsp3) is 0.455. The standard InChI is InChI=1S/C11H12F2N2O2/c12-8-5-7(11(14)3-1-2-4-11)6-9(10(8)13)15(16)17/h5-6H,1-4,14H2. The summed E-state index contributed by atoms with van der Waals surface area (Å²) in [5.41, 5.74) is 4.75. The number of benzene rings is 1. The second-order valence-corrected chi connectivity index (χ2v) is 4.41. The molecule has 0 atom stereocenters. The lowest BCUT2D eigenvalue weighted by Crippen LogP contribution is -2.33. The zero-order chi connectivity index (χ0) is 12.6. The molecule has 0 bridgehead atoms. The summed E-state index contributed by atoms with van der Waals surface area (Å²) in [5, 5.41) is 10.6. The monoisotopic (exact) mass is 242 g/mol. The van der Waals surface area contributed by atoms with E-state index in [-0.39, 0.29) is 0 Å². The minimum atomic E-state index is -1.43. The predicted molar refractivity (Wildman–Crippen MR) is 57.3 cm³/mol. The summed E-state index contributed by atoms with van der Waals surface area (Å²) in [6, 6.07) is 2.01. The van der Waals surface area contributed by atoms with Gasteiger partial charge in [-0.15, -0.1) is 0 Å². The maximum Gasteiger partial charge on any atom is 0.308 e. The van der Waals surface area contributed by atoms with Gasteiger partial charge in [-0.25, -0.2) is 4.39 Å². The third-order valence-electron chi connectivity index (χ3n) is 3.28. The van der Waals surface area contributed by atoms with Crippen LogP contribution in [0, 0.1) is 21.7 Å². The van der Waals surface area contributed by atoms with Crippen LogP contribution in [0.15, 0.2) is 12.1 Å². The summed E-state index contributed by atoms with van der Waals surface area (Å²) in [7, 11) is 0. The number of hydrogen-bond donors (Lipinski definition) is 1. The molecule has 1 aliphatic rings. The van der Waals surface area contributed by atoms with Crippen LogP contribution in [-0.2, 0) is 5.54 Å². The van der Waals surface area contributed by atoms with Crippen LogP contribution in [0.2, 0.25) is 0 Å². The van der Waals surface area contributed by atoms with Gasteiger partial charge in [0.2, 0.25) is 5.82 Å². The van der Waals surface area contributed by atoms with E-state index in [9.17, 15) is 18.9 Å². The molecule has 0 saturated heterocycles. The van der Waals surface area contributed by atoms with E-state index >= 15 is 0 Å². The van der Waals surface area contributed by atoms with E-state index in [4.69, 9.17) is 5.73 Å². The third-order valence-corrected chi connectivity index (χ3v) is 3.28. The molecule has 1 aliphatic carbocycles. The van der Waals surface area contributed by atoms with Crippen molar-refractivity contribution in [1.82, 2.24) is 0 Å². The SMILES string of the molecule is NC1(c2cc(F)c(F)c([N+](=O)[O-])c2)CCCC1. The first-order valence-corrected chi connectivity index (χ1v) is 5.37. The van der Waals surface area contributed by atoms with Crippen molar-refractivity contribution in [2.75, 3.05) is 0 Å². The Balaban J connectivity index is 2.52. The van der Waals surface area contributed by atoms with E-state index in [2.05, 4.69) is 0 Å². The van der Waals surface area contributed by atoms with Gasteiger partial charge in [0.05, 0.1) is 4.92 Å². The number of hydrogen-bond acceptors (Lipinski definition) is 3. The molecule has 0 radical (unpaired) electrons. The van der Waals surface area contributed by atoms with Crippen molar-refractivity contribution in [3.8, 4) is 0 Å². The zero-order valence-corrected chi connectivity index (χ0v) is 9.08. The molecule has 0 amide bonds. The van der Waals surface area contributed by atoms with Gasteiger partial charge < -0.3 is 5.73 Å². The quantitative estimate of drug-likeness (QED) is 0.640. The molecular weight excluding hydrogens is 230 g/mol. The van der Waals surface area contributed by atoms with Crippen molar-refractivity contribution in [2.45, 2.75) is 31.2 Å². The first kappa shape index (κ1) is 11.9. The molecule has 6 heteroatoms. The summed E-state index contributed by atoms with van der Waals surface area (Å²) in [6.07, 6.45) is 3.05. The Morgan fingerprint density at radius 2 is 1.88 bits per heavy atom. The van der Waals surface area contributed by atoms with Gasteiger partial charge in [0.25, 0.3) is 0 Å². The van der Waals surface area contributed by atoms with Gasteiger partial charge in [-0.2, -0.15) is 4.39 Å². The van der Waals surface area contributed by atoms with Crippen LogP contribution < -0.4 is 5.73 Å². The first-order chi connectivity index (χ1) is 7.94. The van der Waals surface area contributed by atoms with Crippen LogP contribution >= 0.6 is 0 Å². The zero-order valence-electron chi connectivity index (χ0n) is 9.08. The Bertz CT molecular complexity index is 471. The minimum absolute atomic E-state index is 0.306. The second kappa shape index (κ2) is 4.03. The average Bonchev–Trinajstić information content (AvgIpc) is 2.69. The van der Waals surface area contributed by atoms with Crippen LogP contribution in [0.3, 0.4) is 0 Å². The Morgan fingerprint density at radius 1 is 1.29 bits per heavy atom. The van der Waals surface area contributed by atoms with Crippen LogP contribution in [0.25, 0.3) is 0 Å². The van der Waals surface area contributed by atoms with Crippen molar-refractivity contribution < 1.29 is 13.7 Å². The van der Waals surface area contributed by atoms with E-state index in [1.54, 1.807) is 0 Å². The molecule has 0 unspecified atom stereocenters. The number of nitro groups is 1. The fourth-order valence-corrected chi connectivity index (χ4v) is 2.29. The molecule has 4 nitrogen and oxygen atoms in total. The fourth-order valence-electron chi connectivity index (χ4n) is 2.29. The summed E-state index contributed by atoms with van der Waals surface area (Å²) < 4.78 is 26.5. The lowest BCUT2D eigenvalue weighted by Gasteiger charge is -2.23. The van der Waals surface area contributed by atoms with Crippen LogP contribution in [0.5, 0.6) is 0 Å². The maximum absolute atomic E-state index is 13.3. The van der Waals surface area contributed by atoms with E-state index in [0.717, 1.165) is 25.0 Å². The lowest BCUT2D eigenvalue weighted by atomic mass is 9.89. The topological polar surface area (TPSA) is 69.2 Å². The molecule has 2 N–H and O–H groups in total. The highest BCUT2D eigenvalue weighted by molar-refractivity contribution is 5.40. The van der Waals surface area contributed by atoms with Crippen LogP contribution in [0.1, 0.15) is 31.2 Å². The molecule has 17 heavy (non-hydrogen) atoms. The molecular formula is C11H12F2N2O2. The van der Waals surface area contributed by atoms with Crippen molar-refractivity contribution in [2.24, 2.45) is 5.73 Å². The highest BCUT2D eigenvalue weighted by atomic mass is 19.2. The minimum Gasteiger partial charge on any atom is -0.321 e. The van der Waals surface area contributed by atoms with Gasteiger partial charge in [0, 0.05) is 11.6 Å². The molecule has 0 spiro atoms. The number of halogens is 2. The maximum atomic E-state index is 13.3. The molecule has 1 saturated carbocycles. The predicted octanol–water partition coefficient (Wildman–Crippen LogP) is 2.60. The average molecular weight is 242 g/mol. The summed E-state index contributed by atoms with van der Waals surface area (Å²) >= 11 is 0. The van der Waals surface area contributed by atoms with Crippen LogP contribution in [-0.4, -0.2) is 4.92 Å². The van der Waals surface area contributed by atoms with Crippen molar-refractivity contribution >= 4 is 5.69 Å². The highest BCUT2D eigenvalue weighted by Crippen LogP contribution is 2.38. The van der Waals surface area contributed by atoms with Crippen molar-refractivity contribution in [1.29, 1.82) is 0 Å². The van der Waals surface area contributed by atoms with Gasteiger partial charge in [0.15, 0.2) is 5.82 Å². The Morgan fingerprint density at radius 3 is 2.41 bits per heavy atom. The van der Waals surface area contributed by atoms with Crippen molar-refractivity contribution in [3.63, 3.8) is 0 Å². The third kappa shape index (κ3) is 2.00. The second-order valence-electron chi connectivity index (χ2n) is 4.41. The molecule has 1 fully saturated rings. The van der Waals surface area contributed by atoms with E-state index in [1.165, 1.54) is 0 Å². The number of nitro benzene ring substituents is 1. The summed E-state index contributed by atoms with van der Waals surface area (Å²) in [6.45, 7) is 0. The van der Waals surface area contributed by atoms with Crippen LogP contribution in [0.4, 0.5) is 14.5 Å². The van der Waals surface area contributed by atoms with E-state index in [0.29, 0.717) is 18.4 Å². The molecule has 2 rings (SSSR count). The Kier molecular flexibility index (Phi) is 2.82. The summed E-state index contributed by atoms with van der Waals surface area (Å²) in [4.78, 5) is 9.67. The number of nitrogens with two attached hydrogens (primary N) is 1. The van der Waals surface area contributed by atoms with Gasteiger partial charge in [-0.3, -0.25) is 10.1 Å². The first-order valence-electron chi connectivity index (χ1n) is 5.37. The van der Waals surface area contributed by atoms with Gasteiger partial charge in [0.1, 0.15) is 0 Å². The van der Waals surface area contributed by atoms with Gasteiger partial charge >= 0.3 is 5.69 Å².